The van der Waals surface area contributed by atoms with Crippen molar-refractivity contribution in [3.05, 3.63) is 53.5 Å². The number of rotatable bonds is 6. The molecule has 2 rings (SSSR count). The summed E-state index contributed by atoms with van der Waals surface area (Å²) < 4.78 is 9.03. The van der Waals surface area contributed by atoms with Gasteiger partial charge in [-0.3, -0.25) is 4.79 Å². The van der Waals surface area contributed by atoms with E-state index in [0.717, 1.165) is 17.3 Å². The van der Waals surface area contributed by atoms with Crippen molar-refractivity contribution < 1.29 is 18.7 Å². The highest BCUT2D eigenvalue weighted by Gasteiger charge is 2.46. The molecular formula is C18H18N2O4S. The van der Waals surface area contributed by atoms with E-state index in [2.05, 4.69) is 6.58 Å². The highest BCUT2D eigenvalue weighted by atomic mass is 32.2. The first-order valence-corrected chi connectivity index (χ1v) is 8.43. The molecule has 1 aromatic heterocycles. The minimum absolute atomic E-state index is 0.000306. The number of ether oxygens (including phenoxy) is 1. The average molecular weight is 358 g/mol. The topological polar surface area (TPSA) is 83.5 Å². The smallest absolute Gasteiger partial charge is 0.351 e. The van der Waals surface area contributed by atoms with Gasteiger partial charge in [0.05, 0.1) is 12.5 Å². The van der Waals surface area contributed by atoms with Crippen LogP contribution in [0.2, 0.25) is 0 Å². The number of carbonyl (C=O) groups excluding carboxylic acids is 2. The van der Waals surface area contributed by atoms with E-state index in [4.69, 9.17) is 9.15 Å². The molecule has 0 N–H and O–H groups in total. The predicted molar refractivity (Wildman–Crippen MR) is 94.9 cm³/mol. The van der Waals surface area contributed by atoms with Crippen LogP contribution in [0.15, 0.2) is 52.3 Å². The van der Waals surface area contributed by atoms with E-state index in [-0.39, 0.29) is 18.1 Å². The van der Waals surface area contributed by atoms with Gasteiger partial charge in [-0.15, -0.1) is 0 Å². The van der Waals surface area contributed by atoms with E-state index in [9.17, 15) is 14.9 Å². The minimum atomic E-state index is -0.927. The number of amides is 1. The second-order valence-corrected chi connectivity index (χ2v) is 6.77. The van der Waals surface area contributed by atoms with Crippen molar-refractivity contribution in [2.24, 2.45) is 0 Å². The van der Waals surface area contributed by atoms with Crippen LogP contribution >= 0.6 is 11.8 Å². The lowest BCUT2D eigenvalue weighted by atomic mass is 10.1. The van der Waals surface area contributed by atoms with Crippen molar-refractivity contribution in [3.63, 3.8) is 0 Å². The van der Waals surface area contributed by atoms with E-state index in [1.165, 1.54) is 11.0 Å². The van der Waals surface area contributed by atoms with Crippen molar-refractivity contribution in [3.8, 4) is 6.07 Å². The molecular weight excluding hydrogens is 340 g/mol. The highest BCUT2D eigenvalue weighted by molar-refractivity contribution is 8.05. The Labute approximate surface area is 150 Å². The summed E-state index contributed by atoms with van der Waals surface area (Å²) in [5.41, 5.74) is 0.642. The number of nitrogens with zero attached hydrogens (tertiary/aromatic N) is 2. The Bertz CT molecular complexity index is 773. The normalized spacial score (nSPS) is 22.1. The third kappa shape index (κ3) is 3.86. The van der Waals surface area contributed by atoms with Crippen molar-refractivity contribution in [1.29, 1.82) is 5.26 Å². The maximum absolute atomic E-state index is 12.8. The third-order valence-corrected chi connectivity index (χ3v) is 4.89. The van der Waals surface area contributed by atoms with E-state index < -0.39 is 10.7 Å². The monoisotopic (exact) mass is 358 g/mol. The lowest BCUT2D eigenvalue weighted by Gasteiger charge is -2.17. The Morgan fingerprint density at radius 2 is 2.36 bits per heavy atom. The Balaban J connectivity index is 2.38. The molecule has 2 heterocycles. The molecule has 6 nitrogen and oxygen atoms in total. The van der Waals surface area contributed by atoms with Crippen molar-refractivity contribution in [2.75, 3.05) is 13.2 Å². The summed E-state index contributed by atoms with van der Waals surface area (Å²) in [5, 5.41) is 9.70. The molecule has 1 amide bonds. The molecule has 1 aliphatic heterocycles. The molecule has 0 bridgehead atoms. The number of carbonyl (C=O) groups is 2. The number of hydrogen-bond acceptors (Lipinski definition) is 6. The quantitative estimate of drug-likeness (QED) is 0.336. The van der Waals surface area contributed by atoms with Crippen LogP contribution in [0.3, 0.4) is 0 Å². The molecule has 1 saturated heterocycles. The average Bonchev–Trinajstić information content (AvgIpc) is 3.20. The molecule has 7 heteroatoms. The van der Waals surface area contributed by atoms with Crippen LogP contribution in [0.25, 0.3) is 6.08 Å². The van der Waals surface area contributed by atoms with Crippen LogP contribution in [0, 0.1) is 11.3 Å². The van der Waals surface area contributed by atoms with Gasteiger partial charge < -0.3 is 14.1 Å². The maximum atomic E-state index is 12.8. The fraction of sp³-hybridized carbons (Fsp3) is 0.278. The maximum Gasteiger partial charge on any atom is 0.351 e. The SMILES string of the molecule is C=CCOC(=O)/C(C#N)=C1\S[C@@](C)(C=Cc2ccoc2)C(=O)N1CC. The molecule has 0 aliphatic carbocycles. The molecule has 0 spiro atoms. The van der Waals surface area contributed by atoms with Crippen molar-refractivity contribution in [2.45, 2.75) is 18.6 Å². The van der Waals surface area contributed by atoms with Crippen LogP contribution in [-0.4, -0.2) is 34.7 Å². The molecule has 0 unspecified atom stereocenters. The third-order valence-electron chi connectivity index (χ3n) is 3.54. The Hall–Kier alpha value is -2.72. The summed E-state index contributed by atoms with van der Waals surface area (Å²) in [7, 11) is 0. The first kappa shape index (κ1) is 18.6. The van der Waals surface area contributed by atoms with Gasteiger partial charge in [-0.25, -0.2) is 4.79 Å². The zero-order valence-corrected chi connectivity index (χ0v) is 14.8. The number of esters is 1. The van der Waals surface area contributed by atoms with Crippen molar-refractivity contribution >= 4 is 29.7 Å². The van der Waals surface area contributed by atoms with Crippen LogP contribution in [0.5, 0.6) is 0 Å². The van der Waals surface area contributed by atoms with Crippen LogP contribution in [-0.2, 0) is 14.3 Å². The summed E-state index contributed by atoms with van der Waals surface area (Å²) in [4.78, 5) is 26.3. The summed E-state index contributed by atoms with van der Waals surface area (Å²) in [6.07, 6.45) is 8.03. The lowest BCUT2D eigenvalue weighted by Crippen LogP contribution is -2.35. The van der Waals surface area contributed by atoms with Crippen LogP contribution < -0.4 is 0 Å². The number of thioether (sulfide) groups is 1. The van der Waals surface area contributed by atoms with Gasteiger partial charge in [0.25, 0.3) is 0 Å². The van der Waals surface area contributed by atoms with E-state index >= 15 is 0 Å². The second-order valence-electron chi connectivity index (χ2n) is 5.33. The van der Waals surface area contributed by atoms with Gasteiger partial charge in [-0.2, -0.15) is 5.26 Å². The van der Waals surface area contributed by atoms with Gasteiger partial charge in [0.2, 0.25) is 5.91 Å². The molecule has 0 saturated carbocycles. The molecule has 1 atom stereocenters. The fourth-order valence-corrected chi connectivity index (χ4v) is 3.54. The van der Waals surface area contributed by atoms with E-state index in [1.807, 2.05) is 6.07 Å². The standard InChI is InChI=1S/C18H18N2O4S/c1-4-9-24-16(21)14(11-19)15-20(5-2)17(22)18(3,25-15)8-6-13-7-10-23-12-13/h4,6-8,10,12H,1,5,9H2,2-3H3/b8-6?,15-14-/t18-/m0/s1. The summed E-state index contributed by atoms with van der Waals surface area (Å²) in [6, 6.07) is 3.63. The zero-order chi connectivity index (χ0) is 18.4. The van der Waals surface area contributed by atoms with Gasteiger partial charge in [0.15, 0.2) is 5.57 Å². The first-order valence-electron chi connectivity index (χ1n) is 7.61. The molecule has 25 heavy (non-hydrogen) atoms. The number of hydrogen-bond donors (Lipinski definition) is 0. The summed E-state index contributed by atoms with van der Waals surface area (Å²) in [5.74, 6) is -0.960. The van der Waals surface area contributed by atoms with Crippen LogP contribution in [0.4, 0.5) is 0 Å². The summed E-state index contributed by atoms with van der Waals surface area (Å²) >= 11 is 1.16. The van der Waals surface area contributed by atoms with Gasteiger partial charge >= 0.3 is 5.97 Å². The predicted octanol–water partition coefficient (Wildman–Crippen LogP) is 3.11. The zero-order valence-electron chi connectivity index (χ0n) is 14.0. The van der Waals surface area contributed by atoms with Gasteiger partial charge in [-0.1, -0.05) is 36.6 Å². The molecule has 0 aromatic carbocycles. The first-order chi connectivity index (χ1) is 12.0. The Morgan fingerprint density at radius 1 is 1.60 bits per heavy atom. The molecule has 1 fully saturated rings. The Morgan fingerprint density at radius 3 is 2.92 bits per heavy atom. The van der Waals surface area contributed by atoms with Gasteiger partial charge in [-0.05, 0) is 19.9 Å². The van der Waals surface area contributed by atoms with Crippen molar-refractivity contribution in [1.82, 2.24) is 4.90 Å². The molecule has 1 aromatic rings. The molecule has 130 valence electrons. The fourth-order valence-electron chi connectivity index (χ4n) is 2.25. The number of furan rings is 1. The second kappa shape index (κ2) is 7.90. The van der Waals surface area contributed by atoms with E-state index in [0.29, 0.717) is 11.6 Å². The molecule has 1 aliphatic rings. The minimum Gasteiger partial charge on any atom is -0.472 e. The molecule has 0 radical (unpaired) electrons. The summed E-state index contributed by atoms with van der Waals surface area (Å²) in [6.45, 7) is 7.34. The highest BCUT2D eigenvalue weighted by Crippen LogP contribution is 2.46. The Kier molecular flexibility index (Phi) is 5.88. The van der Waals surface area contributed by atoms with E-state index in [1.54, 1.807) is 44.6 Å². The largest absolute Gasteiger partial charge is 0.472 e. The van der Waals surface area contributed by atoms with Gasteiger partial charge in [0, 0.05) is 12.1 Å². The lowest BCUT2D eigenvalue weighted by molar-refractivity contribution is -0.137. The van der Waals surface area contributed by atoms with Crippen LogP contribution in [0.1, 0.15) is 19.4 Å². The number of nitriles is 1. The van der Waals surface area contributed by atoms with Gasteiger partial charge in [0.1, 0.15) is 22.5 Å².